The normalized spacial score (nSPS) is 12.3. The number of aliphatic hydroxyl groups is 1. The van der Waals surface area contributed by atoms with E-state index in [1.54, 1.807) is 0 Å². The lowest BCUT2D eigenvalue weighted by molar-refractivity contribution is 0.225. The van der Waals surface area contributed by atoms with Crippen LogP contribution in [0.2, 0.25) is 0 Å². The predicted molar refractivity (Wildman–Crippen MR) is 62.7 cm³/mol. The molecule has 0 fully saturated rings. The summed E-state index contributed by atoms with van der Waals surface area (Å²) in [5.74, 6) is 0. The SMILES string of the molecule is C=CC(O)c1csc(-c2ccccc2)n1. The highest BCUT2D eigenvalue weighted by molar-refractivity contribution is 7.13. The third-order valence-electron chi connectivity index (χ3n) is 2.07. The lowest BCUT2D eigenvalue weighted by atomic mass is 10.2. The first-order chi connectivity index (χ1) is 7.31. The second kappa shape index (κ2) is 4.38. The molecule has 0 saturated heterocycles. The summed E-state index contributed by atoms with van der Waals surface area (Å²) in [4.78, 5) is 4.35. The number of hydrogen-bond donors (Lipinski definition) is 1. The van der Waals surface area contributed by atoms with E-state index in [9.17, 15) is 5.11 Å². The van der Waals surface area contributed by atoms with Crippen LogP contribution >= 0.6 is 11.3 Å². The van der Waals surface area contributed by atoms with Crippen molar-refractivity contribution in [2.75, 3.05) is 0 Å². The van der Waals surface area contributed by atoms with Crippen LogP contribution in [-0.2, 0) is 0 Å². The fourth-order valence-electron chi connectivity index (χ4n) is 1.26. The number of nitrogens with zero attached hydrogens (tertiary/aromatic N) is 1. The first-order valence-corrected chi connectivity index (χ1v) is 5.50. The maximum Gasteiger partial charge on any atom is 0.123 e. The topological polar surface area (TPSA) is 33.1 Å². The molecule has 0 saturated carbocycles. The summed E-state index contributed by atoms with van der Waals surface area (Å²) < 4.78 is 0. The number of aromatic nitrogens is 1. The molecule has 0 radical (unpaired) electrons. The molecule has 0 spiro atoms. The van der Waals surface area contributed by atoms with Crippen molar-refractivity contribution in [3.8, 4) is 10.6 Å². The number of hydrogen-bond acceptors (Lipinski definition) is 3. The minimum atomic E-state index is -0.668. The number of benzene rings is 1. The molecule has 2 rings (SSSR count). The molecule has 0 aliphatic heterocycles. The van der Waals surface area contributed by atoms with E-state index in [1.807, 2.05) is 35.7 Å². The molecular weight excluding hydrogens is 206 g/mol. The zero-order valence-electron chi connectivity index (χ0n) is 8.13. The molecule has 2 aromatic rings. The molecule has 0 aliphatic rings. The molecule has 1 aromatic heterocycles. The number of rotatable bonds is 3. The Balaban J connectivity index is 2.32. The third-order valence-corrected chi connectivity index (χ3v) is 2.98. The molecule has 1 aromatic carbocycles. The van der Waals surface area contributed by atoms with Gasteiger partial charge >= 0.3 is 0 Å². The summed E-state index contributed by atoms with van der Waals surface area (Å²) in [6, 6.07) is 9.92. The van der Waals surface area contributed by atoms with Gasteiger partial charge in [0.25, 0.3) is 0 Å². The van der Waals surface area contributed by atoms with Crippen LogP contribution in [0.3, 0.4) is 0 Å². The highest BCUT2D eigenvalue weighted by atomic mass is 32.1. The fourth-order valence-corrected chi connectivity index (χ4v) is 2.11. The Morgan fingerprint density at radius 3 is 2.73 bits per heavy atom. The van der Waals surface area contributed by atoms with Crippen LogP contribution in [0.5, 0.6) is 0 Å². The Bertz CT molecular complexity index is 450. The molecule has 1 atom stereocenters. The quantitative estimate of drug-likeness (QED) is 0.802. The summed E-state index contributed by atoms with van der Waals surface area (Å²) in [6.07, 6.45) is 0.808. The summed E-state index contributed by atoms with van der Waals surface area (Å²) in [5, 5.41) is 12.3. The summed E-state index contributed by atoms with van der Waals surface area (Å²) >= 11 is 1.53. The smallest absolute Gasteiger partial charge is 0.123 e. The lowest BCUT2D eigenvalue weighted by Gasteiger charge is -1.98. The molecular formula is C12H11NOS. The van der Waals surface area contributed by atoms with Gasteiger partial charge in [0.2, 0.25) is 0 Å². The van der Waals surface area contributed by atoms with Crippen molar-refractivity contribution in [2.24, 2.45) is 0 Å². The Kier molecular flexibility index (Phi) is 2.94. The fraction of sp³-hybridized carbons (Fsp3) is 0.0833. The molecule has 0 amide bonds. The van der Waals surface area contributed by atoms with Crippen LogP contribution in [0.1, 0.15) is 11.8 Å². The van der Waals surface area contributed by atoms with Gasteiger partial charge in [0.1, 0.15) is 11.1 Å². The van der Waals surface area contributed by atoms with Gasteiger partial charge in [-0.1, -0.05) is 36.4 Å². The van der Waals surface area contributed by atoms with Crippen LogP contribution in [-0.4, -0.2) is 10.1 Å². The largest absolute Gasteiger partial charge is 0.383 e. The van der Waals surface area contributed by atoms with E-state index < -0.39 is 6.10 Å². The average Bonchev–Trinajstić information content (AvgIpc) is 2.78. The molecule has 3 heteroatoms. The average molecular weight is 217 g/mol. The van der Waals surface area contributed by atoms with E-state index in [0.717, 1.165) is 10.6 Å². The van der Waals surface area contributed by atoms with Crippen LogP contribution in [0.15, 0.2) is 48.4 Å². The molecule has 0 bridgehead atoms. The molecule has 2 nitrogen and oxygen atoms in total. The monoisotopic (exact) mass is 217 g/mol. The predicted octanol–water partition coefficient (Wildman–Crippen LogP) is 3.03. The van der Waals surface area contributed by atoms with Crippen molar-refractivity contribution >= 4 is 11.3 Å². The number of thiazole rings is 1. The van der Waals surface area contributed by atoms with Crippen molar-refractivity contribution in [3.05, 3.63) is 54.1 Å². The summed E-state index contributed by atoms with van der Waals surface area (Å²) in [6.45, 7) is 3.53. The van der Waals surface area contributed by atoms with Gasteiger partial charge in [-0.25, -0.2) is 4.98 Å². The first-order valence-electron chi connectivity index (χ1n) is 4.62. The van der Waals surface area contributed by atoms with Gasteiger partial charge in [0, 0.05) is 10.9 Å². The minimum Gasteiger partial charge on any atom is -0.383 e. The van der Waals surface area contributed by atoms with Crippen molar-refractivity contribution in [1.82, 2.24) is 4.98 Å². The van der Waals surface area contributed by atoms with Crippen LogP contribution < -0.4 is 0 Å². The molecule has 1 heterocycles. The van der Waals surface area contributed by atoms with Gasteiger partial charge in [-0.2, -0.15) is 0 Å². The van der Waals surface area contributed by atoms with Crippen molar-refractivity contribution in [3.63, 3.8) is 0 Å². The summed E-state index contributed by atoms with van der Waals surface area (Å²) in [5.41, 5.74) is 1.74. The van der Waals surface area contributed by atoms with Gasteiger partial charge in [0.15, 0.2) is 0 Å². The third kappa shape index (κ3) is 2.14. The van der Waals surface area contributed by atoms with E-state index in [4.69, 9.17) is 0 Å². The van der Waals surface area contributed by atoms with Crippen LogP contribution in [0.25, 0.3) is 10.6 Å². The highest BCUT2D eigenvalue weighted by Crippen LogP contribution is 2.26. The maximum absolute atomic E-state index is 9.52. The van der Waals surface area contributed by atoms with E-state index in [2.05, 4.69) is 11.6 Å². The minimum absolute atomic E-state index is 0.661. The Labute approximate surface area is 92.5 Å². The number of aliphatic hydroxyl groups excluding tert-OH is 1. The zero-order valence-corrected chi connectivity index (χ0v) is 8.95. The van der Waals surface area contributed by atoms with Gasteiger partial charge in [-0.3, -0.25) is 0 Å². The van der Waals surface area contributed by atoms with Gasteiger partial charge in [-0.05, 0) is 0 Å². The van der Waals surface area contributed by atoms with E-state index in [-0.39, 0.29) is 0 Å². The maximum atomic E-state index is 9.52. The molecule has 15 heavy (non-hydrogen) atoms. The second-order valence-electron chi connectivity index (χ2n) is 3.12. The Hall–Kier alpha value is -1.45. The van der Waals surface area contributed by atoms with Crippen LogP contribution in [0, 0.1) is 0 Å². The standard InChI is InChI=1S/C12H11NOS/c1-2-11(14)10-8-15-12(13-10)9-6-4-3-5-7-9/h2-8,11,14H,1H2. The van der Waals surface area contributed by atoms with Crippen LogP contribution in [0.4, 0.5) is 0 Å². The van der Waals surface area contributed by atoms with Crippen molar-refractivity contribution in [2.45, 2.75) is 6.10 Å². The second-order valence-corrected chi connectivity index (χ2v) is 3.98. The van der Waals surface area contributed by atoms with E-state index >= 15 is 0 Å². The van der Waals surface area contributed by atoms with Gasteiger partial charge in [0.05, 0.1) is 5.69 Å². The lowest BCUT2D eigenvalue weighted by Crippen LogP contribution is -1.92. The van der Waals surface area contributed by atoms with Crippen molar-refractivity contribution in [1.29, 1.82) is 0 Å². The van der Waals surface area contributed by atoms with E-state index in [1.165, 1.54) is 17.4 Å². The molecule has 1 unspecified atom stereocenters. The molecule has 76 valence electrons. The Morgan fingerprint density at radius 2 is 2.07 bits per heavy atom. The van der Waals surface area contributed by atoms with Gasteiger partial charge in [-0.15, -0.1) is 17.9 Å². The molecule has 1 N–H and O–H groups in total. The Morgan fingerprint density at radius 1 is 1.33 bits per heavy atom. The first kappa shape index (κ1) is 10.1. The highest BCUT2D eigenvalue weighted by Gasteiger charge is 2.08. The van der Waals surface area contributed by atoms with Crippen molar-refractivity contribution < 1.29 is 5.11 Å². The zero-order chi connectivity index (χ0) is 10.7. The van der Waals surface area contributed by atoms with Gasteiger partial charge < -0.3 is 5.11 Å². The van der Waals surface area contributed by atoms with E-state index in [0.29, 0.717) is 5.69 Å². The summed E-state index contributed by atoms with van der Waals surface area (Å²) in [7, 11) is 0. The molecule has 0 aliphatic carbocycles.